The van der Waals surface area contributed by atoms with Crippen molar-refractivity contribution < 1.29 is 27.5 Å². The van der Waals surface area contributed by atoms with E-state index < -0.39 is 41.5 Å². The number of carbonyl (C=O) groups excluding carboxylic acids is 2. The van der Waals surface area contributed by atoms with Crippen LogP contribution in [0.5, 0.6) is 0 Å². The summed E-state index contributed by atoms with van der Waals surface area (Å²) in [5.41, 5.74) is -0.709. The highest BCUT2D eigenvalue weighted by Crippen LogP contribution is 2.13. The third-order valence-electron chi connectivity index (χ3n) is 2.61. The Morgan fingerprint density at radius 1 is 1.00 bits per heavy atom. The third-order valence-corrected chi connectivity index (χ3v) is 2.61. The zero-order valence-corrected chi connectivity index (χ0v) is 11.1. The summed E-state index contributed by atoms with van der Waals surface area (Å²) in [6.45, 7) is -0.761. The maximum Gasteiger partial charge on any atom is 0.344 e. The van der Waals surface area contributed by atoms with Crippen LogP contribution in [-0.2, 0) is 9.53 Å². The van der Waals surface area contributed by atoms with Crippen LogP contribution in [0.2, 0.25) is 0 Å². The quantitative estimate of drug-likeness (QED) is 0.884. The summed E-state index contributed by atoms with van der Waals surface area (Å²) in [6, 6.07) is 7.95. The molecule has 0 bridgehead atoms. The van der Waals surface area contributed by atoms with Crippen molar-refractivity contribution in [2.45, 2.75) is 0 Å². The summed E-state index contributed by atoms with van der Waals surface area (Å²) in [5.74, 6) is -4.80. The summed E-state index contributed by atoms with van der Waals surface area (Å²) < 4.78 is 44.1. The first-order valence-corrected chi connectivity index (χ1v) is 6.14. The Labute approximate surface area is 123 Å². The summed E-state index contributed by atoms with van der Waals surface area (Å²) in [6.07, 6.45) is 0. The van der Waals surface area contributed by atoms with Crippen LogP contribution in [0.15, 0.2) is 42.5 Å². The number of ether oxygens (including phenoxy) is 1. The number of nitrogens with one attached hydrogen (secondary N) is 1. The summed E-state index contributed by atoms with van der Waals surface area (Å²) in [4.78, 5) is 23.1. The molecule has 1 N–H and O–H groups in total. The second kappa shape index (κ2) is 6.75. The predicted molar refractivity (Wildman–Crippen MR) is 71.7 cm³/mol. The van der Waals surface area contributed by atoms with Gasteiger partial charge in [-0.1, -0.05) is 12.1 Å². The molecule has 0 aliphatic rings. The number of anilines is 1. The lowest BCUT2D eigenvalue weighted by Crippen LogP contribution is -2.22. The van der Waals surface area contributed by atoms with Crippen LogP contribution in [0.4, 0.5) is 18.9 Å². The molecule has 22 heavy (non-hydrogen) atoms. The van der Waals surface area contributed by atoms with Crippen molar-refractivity contribution in [1.82, 2.24) is 0 Å². The van der Waals surface area contributed by atoms with Gasteiger partial charge in [0.2, 0.25) is 0 Å². The molecule has 2 aromatic carbocycles. The smallest absolute Gasteiger partial charge is 0.344 e. The number of amides is 1. The van der Waals surface area contributed by atoms with Gasteiger partial charge in [-0.3, -0.25) is 4.79 Å². The van der Waals surface area contributed by atoms with Crippen LogP contribution in [0, 0.1) is 17.5 Å². The van der Waals surface area contributed by atoms with Gasteiger partial charge in [0.15, 0.2) is 6.61 Å². The Morgan fingerprint density at radius 2 is 1.64 bits per heavy atom. The van der Waals surface area contributed by atoms with E-state index in [-0.39, 0.29) is 5.69 Å². The normalized spacial score (nSPS) is 10.1. The Balaban J connectivity index is 1.95. The molecule has 0 saturated heterocycles. The fraction of sp³-hybridized carbons (Fsp3) is 0.0667. The topological polar surface area (TPSA) is 55.4 Å². The Morgan fingerprint density at radius 3 is 2.27 bits per heavy atom. The van der Waals surface area contributed by atoms with Crippen molar-refractivity contribution in [3.05, 3.63) is 65.5 Å². The molecule has 0 aliphatic heterocycles. The fourth-order valence-electron chi connectivity index (χ4n) is 1.66. The molecule has 0 unspecified atom stereocenters. The van der Waals surface area contributed by atoms with Gasteiger partial charge in [-0.25, -0.2) is 18.0 Å². The molecule has 2 rings (SSSR count). The van der Waals surface area contributed by atoms with Crippen LogP contribution >= 0.6 is 0 Å². The van der Waals surface area contributed by atoms with Crippen molar-refractivity contribution in [2.75, 3.05) is 11.9 Å². The Kier molecular flexibility index (Phi) is 4.77. The van der Waals surface area contributed by atoms with E-state index in [1.54, 1.807) is 0 Å². The maximum absolute atomic E-state index is 13.3. The molecule has 0 heterocycles. The van der Waals surface area contributed by atoms with Gasteiger partial charge in [-0.05, 0) is 30.3 Å². The molecule has 0 saturated carbocycles. The number of carbonyl (C=O) groups is 2. The van der Waals surface area contributed by atoms with E-state index >= 15 is 0 Å². The highest BCUT2D eigenvalue weighted by Gasteiger charge is 2.19. The molecule has 0 spiro atoms. The summed E-state index contributed by atoms with van der Waals surface area (Å²) in [5, 5.41) is 2.28. The van der Waals surface area contributed by atoms with Crippen molar-refractivity contribution in [2.24, 2.45) is 0 Å². The minimum atomic E-state index is -1.30. The van der Waals surface area contributed by atoms with Crippen LogP contribution in [-0.4, -0.2) is 18.5 Å². The van der Waals surface area contributed by atoms with Gasteiger partial charge in [0.1, 0.15) is 23.0 Å². The number of rotatable bonds is 4. The molecular formula is C15H10F3NO3. The van der Waals surface area contributed by atoms with Gasteiger partial charge < -0.3 is 10.1 Å². The summed E-state index contributed by atoms with van der Waals surface area (Å²) >= 11 is 0. The molecule has 4 nitrogen and oxygen atoms in total. The zero-order chi connectivity index (χ0) is 16.1. The standard InChI is InChI=1S/C15H10F3NO3/c16-9-3-1-4-10(7-9)19-13(20)8-22-15(21)14-11(17)5-2-6-12(14)18/h1-7H,8H2,(H,19,20). The minimum absolute atomic E-state index is 0.165. The van der Waals surface area contributed by atoms with Crippen LogP contribution in [0.3, 0.4) is 0 Å². The molecule has 0 aliphatic carbocycles. The van der Waals surface area contributed by atoms with E-state index in [1.807, 2.05) is 0 Å². The van der Waals surface area contributed by atoms with Crippen LogP contribution in [0.25, 0.3) is 0 Å². The molecule has 114 valence electrons. The van der Waals surface area contributed by atoms with E-state index in [0.29, 0.717) is 0 Å². The number of hydrogen-bond acceptors (Lipinski definition) is 3. The second-order valence-corrected chi connectivity index (χ2v) is 4.23. The first-order valence-electron chi connectivity index (χ1n) is 6.14. The molecule has 1 amide bonds. The molecule has 2 aromatic rings. The van der Waals surface area contributed by atoms with Crippen LogP contribution < -0.4 is 5.32 Å². The highest BCUT2D eigenvalue weighted by atomic mass is 19.1. The Hall–Kier alpha value is -2.83. The van der Waals surface area contributed by atoms with Gasteiger partial charge >= 0.3 is 5.97 Å². The number of benzene rings is 2. The van der Waals surface area contributed by atoms with E-state index in [0.717, 1.165) is 24.3 Å². The van der Waals surface area contributed by atoms with Crippen molar-refractivity contribution in [3.8, 4) is 0 Å². The zero-order valence-electron chi connectivity index (χ0n) is 11.1. The van der Waals surface area contributed by atoms with Gasteiger partial charge in [-0.15, -0.1) is 0 Å². The average Bonchev–Trinajstić information content (AvgIpc) is 2.45. The average molecular weight is 309 g/mol. The SMILES string of the molecule is O=C(COC(=O)c1c(F)cccc1F)Nc1cccc(F)c1. The predicted octanol–water partition coefficient (Wildman–Crippen LogP) is 2.90. The van der Waals surface area contributed by atoms with E-state index in [1.165, 1.54) is 18.2 Å². The molecule has 0 fully saturated rings. The van der Waals surface area contributed by atoms with Gasteiger partial charge in [0.05, 0.1) is 0 Å². The van der Waals surface area contributed by atoms with Crippen molar-refractivity contribution in [3.63, 3.8) is 0 Å². The fourth-order valence-corrected chi connectivity index (χ4v) is 1.66. The molecule has 0 atom stereocenters. The van der Waals surface area contributed by atoms with E-state index in [9.17, 15) is 22.8 Å². The van der Waals surface area contributed by atoms with Crippen molar-refractivity contribution in [1.29, 1.82) is 0 Å². The lowest BCUT2D eigenvalue weighted by Gasteiger charge is -2.07. The molecule has 0 aromatic heterocycles. The third kappa shape index (κ3) is 3.85. The first kappa shape index (κ1) is 15.6. The Bertz CT molecular complexity index is 699. The molecular weight excluding hydrogens is 299 g/mol. The lowest BCUT2D eigenvalue weighted by atomic mass is 10.2. The second-order valence-electron chi connectivity index (χ2n) is 4.23. The van der Waals surface area contributed by atoms with Gasteiger partial charge in [-0.2, -0.15) is 0 Å². The van der Waals surface area contributed by atoms with Crippen LogP contribution in [0.1, 0.15) is 10.4 Å². The maximum atomic E-state index is 13.3. The van der Waals surface area contributed by atoms with Crippen molar-refractivity contribution >= 4 is 17.6 Å². The number of halogens is 3. The minimum Gasteiger partial charge on any atom is -0.452 e. The molecule has 0 radical (unpaired) electrons. The summed E-state index contributed by atoms with van der Waals surface area (Å²) in [7, 11) is 0. The van der Waals surface area contributed by atoms with Gasteiger partial charge in [0.25, 0.3) is 5.91 Å². The highest BCUT2D eigenvalue weighted by molar-refractivity contribution is 5.95. The monoisotopic (exact) mass is 309 g/mol. The van der Waals surface area contributed by atoms with Gasteiger partial charge in [0, 0.05) is 5.69 Å². The number of esters is 1. The molecule has 7 heteroatoms. The lowest BCUT2D eigenvalue weighted by molar-refractivity contribution is -0.119. The first-order chi connectivity index (χ1) is 10.5. The van der Waals surface area contributed by atoms with E-state index in [4.69, 9.17) is 0 Å². The largest absolute Gasteiger partial charge is 0.452 e. The van der Waals surface area contributed by atoms with E-state index in [2.05, 4.69) is 10.1 Å². The number of hydrogen-bond donors (Lipinski definition) is 1.